The zero-order chi connectivity index (χ0) is 16.3. The normalized spacial score (nSPS) is 27.1. The van der Waals surface area contributed by atoms with Crippen molar-refractivity contribution in [3.05, 3.63) is 22.4 Å². The van der Waals surface area contributed by atoms with Crippen LogP contribution in [-0.4, -0.2) is 58.6 Å². The van der Waals surface area contributed by atoms with Gasteiger partial charge in [0.05, 0.1) is 31.0 Å². The van der Waals surface area contributed by atoms with Gasteiger partial charge in [0.2, 0.25) is 0 Å². The molecule has 128 valence electrons. The lowest BCUT2D eigenvalue weighted by molar-refractivity contribution is -0.186. The summed E-state index contributed by atoms with van der Waals surface area (Å²) in [5.41, 5.74) is -1.44. The van der Waals surface area contributed by atoms with Crippen molar-refractivity contribution in [2.24, 2.45) is 0 Å². The Bertz CT molecular complexity index is 528. The van der Waals surface area contributed by atoms with E-state index < -0.39 is 11.2 Å². The molecule has 1 aromatic rings. The van der Waals surface area contributed by atoms with Crippen LogP contribution >= 0.6 is 11.3 Å². The first-order valence-electron chi connectivity index (χ1n) is 8.07. The Kier molecular flexibility index (Phi) is 4.91. The lowest BCUT2D eigenvalue weighted by Gasteiger charge is -2.48. The van der Waals surface area contributed by atoms with Gasteiger partial charge in [-0.2, -0.15) is 0 Å². The zero-order valence-electron chi connectivity index (χ0n) is 13.2. The minimum absolute atomic E-state index is 0.0542. The number of nitrogens with one attached hydrogen (secondary N) is 1. The number of likely N-dealkylation sites (tertiary alicyclic amines) is 1. The molecule has 2 saturated heterocycles. The van der Waals surface area contributed by atoms with Crippen LogP contribution in [0.5, 0.6) is 0 Å². The zero-order valence-corrected chi connectivity index (χ0v) is 14.0. The van der Waals surface area contributed by atoms with E-state index in [9.17, 15) is 15.0 Å². The Morgan fingerprint density at radius 3 is 2.83 bits per heavy atom. The molecule has 2 aliphatic heterocycles. The van der Waals surface area contributed by atoms with Crippen LogP contribution in [0.3, 0.4) is 0 Å². The van der Waals surface area contributed by atoms with Crippen LogP contribution in [0, 0.1) is 0 Å². The molecule has 0 radical (unpaired) electrons. The highest BCUT2D eigenvalue weighted by atomic mass is 32.1. The summed E-state index contributed by atoms with van der Waals surface area (Å²) in [5.74, 6) is 0. The highest BCUT2D eigenvalue weighted by Gasteiger charge is 2.46. The number of nitrogens with zero attached hydrogens (tertiary/aromatic N) is 1. The predicted molar refractivity (Wildman–Crippen MR) is 87.3 cm³/mol. The van der Waals surface area contributed by atoms with E-state index in [1.807, 2.05) is 17.5 Å². The number of thiophene rings is 1. The SMILES string of the molecule is O=C(NCc1cccs1)N1CCC2(CC1)CC(O)(CO)CCO2. The number of aliphatic hydroxyl groups is 2. The van der Waals surface area contributed by atoms with Crippen molar-refractivity contribution in [2.75, 3.05) is 26.3 Å². The Labute approximate surface area is 140 Å². The molecule has 6 nitrogen and oxygen atoms in total. The summed E-state index contributed by atoms with van der Waals surface area (Å²) in [6.45, 7) is 2.00. The molecular weight excluding hydrogens is 316 g/mol. The smallest absolute Gasteiger partial charge is 0.317 e. The number of urea groups is 1. The van der Waals surface area contributed by atoms with Gasteiger partial charge in [0.25, 0.3) is 0 Å². The number of ether oxygens (including phenoxy) is 1. The maximum Gasteiger partial charge on any atom is 0.317 e. The van der Waals surface area contributed by atoms with Gasteiger partial charge in [-0.1, -0.05) is 6.07 Å². The maximum atomic E-state index is 12.2. The molecule has 2 fully saturated rings. The van der Waals surface area contributed by atoms with Crippen LogP contribution in [0.1, 0.15) is 30.6 Å². The lowest BCUT2D eigenvalue weighted by Crippen LogP contribution is -2.57. The Morgan fingerprint density at radius 2 is 2.17 bits per heavy atom. The van der Waals surface area contributed by atoms with Gasteiger partial charge in [-0.05, 0) is 24.3 Å². The minimum Gasteiger partial charge on any atom is -0.393 e. The van der Waals surface area contributed by atoms with Crippen LogP contribution in [-0.2, 0) is 11.3 Å². The van der Waals surface area contributed by atoms with E-state index in [1.54, 1.807) is 16.2 Å². The standard InChI is InChI=1S/C16H24N2O4S/c19-12-15(21)5-8-22-16(11-15)3-6-18(7-4-16)14(20)17-10-13-2-1-9-23-13/h1-2,9,19,21H,3-8,10-12H2,(H,17,20). The van der Waals surface area contributed by atoms with E-state index >= 15 is 0 Å². The molecule has 1 aromatic heterocycles. The van der Waals surface area contributed by atoms with Gasteiger partial charge in [0.1, 0.15) is 0 Å². The van der Waals surface area contributed by atoms with Crippen molar-refractivity contribution in [2.45, 2.75) is 43.4 Å². The number of piperidine rings is 1. The first-order chi connectivity index (χ1) is 11.0. The molecular formula is C16H24N2O4S. The number of carbonyl (C=O) groups is 1. The van der Waals surface area contributed by atoms with E-state index in [1.165, 1.54) is 0 Å². The van der Waals surface area contributed by atoms with Gasteiger partial charge in [-0.3, -0.25) is 0 Å². The molecule has 23 heavy (non-hydrogen) atoms. The van der Waals surface area contributed by atoms with Crippen LogP contribution in [0.15, 0.2) is 17.5 Å². The second-order valence-electron chi connectivity index (χ2n) is 6.57. The second-order valence-corrected chi connectivity index (χ2v) is 7.60. The first-order valence-corrected chi connectivity index (χ1v) is 8.95. The second kappa shape index (κ2) is 6.76. The van der Waals surface area contributed by atoms with Crippen molar-refractivity contribution >= 4 is 17.4 Å². The number of carbonyl (C=O) groups excluding carboxylic acids is 1. The molecule has 0 aromatic carbocycles. The summed E-state index contributed by atoms with van der Waals surface area (Å²) in [4.78, 5) is 15.2. The molecule has 3 N–H and O–H groups in total. The van der Waals surface area contributed by atoms with Crippen LogP contribution in [0.2, 0.25) is 0 Å². The Morgan fingerprint density at radius 1 is 1.39 bits per heavy atom. The highest BCUT2D eigenvalue weighted by Crippen LogP contribution is 2.39. The fraction of sp³-hybridized carbons (Fsp3) is 0.688. The number of aliphatic hydroxyl groups excluding tert-OH is 1. The van der Waals surface area contributed by atoms with Crippen LogP contribution in [0.4, 0.5) is 4.79 Å². The molecule has 1 unspecified atom stereocenters. The summed E-state index contributed by atoms with van der Waals surface area (Å²) < 4.78 is 5.92. The largest absolute Gasteiger partial charge is 0.393 e. The van der Waals surface area contributed by atoms with Gasteiger partial charge >= 0.3 is 6.03 Å². The molecule has 2 amide bonds. The van der Waals surface area contributed by atoms with Gasteiger partial charge in [0.15, 0.2) is 0 Å². The number of hydrogen-bond acceptors (Lipinski definition) is 5. The predicted octanol–water partition coefficient (Wildman–Crippen LogP) is 1.33. The number of rotatable bonds is 3. The van der Waals surface area contributed by atoms with Gasteiger partial charge in [-0.25, -0.2) is 4.79 Å². The van der Waals surface area contributed by atoms with Gasteiger partial charge < -0.3 is 25.2 Å². The van der Waals surface area contributed by atoms with E-state index in [4.69, 9.17) is 4.74 Å². The summed E-state index contributed by atoms with van der Waals surface area (Å²) in [5, 5.41) is 24.7. The van der Waals surface area contributed by atoms with E-state index in [0.29, 0.717) is 51.9 Å². The van der Waals surface area contributed by atoms with Crippen molar-refractivity contribution in [3.8, 4) is 0 Å². The van der Waals surface area contributed by atoms with Crippen molar-refractivity contribution in [3.63, 3.8) is 0 Å². The fourth-order valence-corrected chi connectivity index (χ4v) is 4.10. The van der Waals surface area contributed by atoms with Gasteiger partial charge in [0, 0.05) is 30.8 Å². The minimum atomic E-state index is -1.04. The van der Waals surface area contributed by atoms with E-state index in [-0.39, 0.29) is 12.6 Å². The molecule has 3 heterocycles. The van der Waals surface area contributed by atoms with Crippen molar-refractivity contribution in [1.29, 1.82) is 0 Å². The molecule has 7 heteroatoms. The van der Waals surface area contributed by atoms with E-state index in [0.717, 1.165) is 4.88 Å². The average molecular weight is 340 g/mol. The Balaban J connectivity index is 1.50. The first kappa shape index (κ1) is 16.7. The molecule has 0 saturated carbocycles. The molecule has 1 atom stereocenters. The highest BCUT2D eigenvalue weighted by molar-refractivity contribution is 7.09. The lowest BCUT2D eigenvalue weighted by atomic mass is 9.77. The Hall–Kier alpha value is -1.15. The van der Waals surface area contributed by atoms with Crippen molar-refractivity contribution < 1.29 is 19.7 Å². The average Bonchev–Trinajstić information content (AvgIpc) is 3.07. The van der Waals surface area contributed by atoms with Crippen LogP contribution in [0.25, 0.3) is 0 Å². The summed E-state index contributed by atoms with van der Waals surface area (Å²) >= 11 is 1.63. The summed E-state index contributed by atoms with van der Waals surface area (Å²) in [7, 11) is 0. The summed E-state index contributed by atoms with van der Waals surface area (Å²) in [6.07, 6.45) is 2.31. The quantitative estimate of drug-likeness (QED) is 0.775. The number of amides is 2. The number of hydrogen-bond donors (Lipinski definition) is 3. The third-order valence-corrected chi connectivity index (χ3v) is 5.75. The third kappa shape index (κ3) is 3.85. The molecule has 3 rings (SSSR count). The van der Waals surface area contributed by atoms with Crippen molar-refractivity contribution in [1.82, 2.24) is 10.2 Å². The fourth-order valence-electron chi connectivity index (χ4n) is 3.46. The topological polar surface area (TPSA) is 82.0 Å². The monoisotopic (exact) mass is 340 g/mol. The molecule has 1 spiro atoms. The summed E-state index contributed by atoms with van der Waals surface area (Å²) in [6, 6.07) is 3.92. The van der Waals surface area contributed by atoms with Crippen LogP contribution < -0.4 is 5.32 Å². The van der Waals surface area contributed by atoms with E-state index in [2.05, 4.69) is 5.32 Å². The molecule has 0 aliphatic carbocycles. The van der Waals surface area contributed by atoms with Gasteiger partial charge in [-0.15, -0.1) is 11.3 Å². The molecule has 2 aliphatic rings. The third-order valence-electron chi connectivity index (χ3n) is 4.88. The molecule has 0 bridgehead atoms. The maximum absolute atomic E-state index is 12.2.